The predicted octanol–water partition coefficient (Wildman–Crippen LogP) is 3.11. The molecular weight excluding hydrogens is 270 g/mol. The summed E-state index contributed by atoms with van der Waals surface area (Å²) in [7, 11) is 1.82. The third-order valence-electron chi connectivity index (χ3n) is 2.91. The number of fused-ring (bicyclic) bond motifs is 1. The number of rotatable bonds is 6. The summed E-state index contributed by atoms with van der Waals surface area (Å²) in [5.74, 6) is 2.06. The molecule has 2 aromatic heterocycles. The number of nitrogens with one attached hydrogen (secondary N) is 1. The molecule has 20 heavy (non-hydrogen) atoms. The molecule has 106 valence electrons. The average Bonchev–Trinajstić information content (AvgIpc) is 2.90. The van der Waals surface area contributed by atoms with Gasteiger partial charge in [0.25, 0.3) is 0 Å². The van der Waals surface area contributed by atoms with Crippen LogP contribution >= 0.6 is 11.3 Å². The maximum atomic E-state index is 8.85. The lowest BCUT2D eigenvalue weighted by molar-refractivity contribution is 0.609. The van der Waals surface area contributed by atoms with Gasteiger partial charge in [0, 0.05) is 20.1 Å². The number of hydrogen-bond acceptors (Lipinski definition) is 6. The molecule has 0 aliphatic carbocycles. The summed E-state index contributed by atoms with van der Waals surface area (Å²) in [5.41, 5.74) is 0. The van der Waals surface area contributed by atoms with Crippen molar-refractivity contribution in [2.75, 3.05) is 30.4 Å². The molecule has 0 atom stereocenters. The van der Waals surface area contributed by atoms with Gasteiger partial charge in [0.2, 0.25) is 5.95 Å². The SMILES string of the molecule is CNc1nc(N(CCC#N)CC(C)C)c2ccsc2n1. The Morgan fingerprint density at radius 3 is 2.90 bits per heavy atom. The maximum Gasteiger partial charge on any atom is 0.225 e. The minimum absolute atomic E-state index is 0.497. The van der Waals surface area contributed by atoms with Crippen LogP contribution in [0.25, 0.3) is 10.2 Å². The zero-order chi connectivity index (χ0) is 14.5. The first-order chi connectivity index (χ1) is 9.65. The molecule has 6 heteroatoms. The van der Waals surface area contributed by atoms with Crippen LogP contribution in [0.3, 0.4) is 0 Å². The average molecular weight is 289 g/mol. The summed E-state index contributed by atoms with van der Waals surface area (Å²) in [6.07, 6.45) is 0.497. The number of thiophene rings is 1. The molecule has 0 aliphatic rings. The first-order valence-electron chi connectivity index (χ1n) is 6.70. The molecule has 2 heterocycles. The van der Waals surface area contributed by atoms with Crippen LogP contribution in [0.5, 0.6) is 0 Å². The van der Waals surface area contributed by atoms with Gasteiger partial charge in [-0.05, 0) is 17.4 Å². The zero-order valence-electron chi connectivity index (χ0n) is 12.1. The minimum atomic E-state index is 0.497. The van der Waals surface area contributed by atoms with E-state index >= 15 is 0 Å². The Morgan fingerprint density at radius 1 is 1.45 bits per heavy atom. The van der Waals surface area contributed by atoms with Crippen LogP contribution in [0.4, 0.5) is 11.8 Å². The van der Waals surface area contributed by atoms with Gasteiger partial charge in [-0.15, -0.1) is 11.3 Å². The van der Waals surface area contributed by atoms with Gasteiger partial charge in [-0.2, -0.15) is 10.2 Å². The van der Waals surface area contributed by atoms with E-state index in [1.165, 1.54) is 0 Å². The van der Waals surface area contributed by atoms with Crippen LogP contribution in [0.1, 0.15) is 20.3 Å². The van der Waals surface area contributed by atoms with Crippen molar-refractivity contribution in [1.82, 2.24) is 9.97 Å². The van der Waals surface area contributed by atoms with Crippen LogP contribution in [-0.4, -0.2) is 30.1 Å². The Balaban J connectivity index is 2.44. The number of anilines is 2. The number of nitrogens with zero attached hydrogens (tertiary/aromatic N) is 4. The van der Waals surface area contributed by atoms with E-state index in [4.69, 9.17) is 5.26 Å². The monoisotopic (exact) mass is 289 g/mol. The van der Waals surface area contributed by atoms with E-state index in [0.29, 0.717) is 24.8 Å². The summed E-state index contributed by atoms with van der Waals surface area (Å²) in [5, 5.41) is 14.9. The summed E-state index contributed by atoms with van der Waals surface area (Å²) in [4.78, 5) is 12.2. The minimum Gasteiger partial charge on any atom is -0.357 e. The summed E-state index contributed by atoms with van der Waals surface area (Å²) >= 11 is 1.61. The fourth-order valence-electron chi connectivity index (χ4n) is 2.10. The summed E-state index contributed by atoms with van der Waals surface area (Å²) in [6, 6.07) is 4.26. The van der Waals surface area contributed by atoms with E-state index in [1.54, 1.807) is 11.3 Å². The summed E-state index contributed by atoms with van der Waals surface area (Å²) < 4.78 is 0. The van der Waals surface area contributed by atoms with E-state index in [0.717, 1.165) is 22.6 Å². The smallest absolute Gasteiger partial charge is 0.225 e. The van der Waals surface area contributed by atoms with Crippen LogP contribution in [0.2, 0.25) is 0 Å². The van der Waals surface area contributed by atoms with Crippen LogP contribution < -0.4 is 10.2 Å². The van der Waals surface area contributed by atoms with Crippen molar-refractivity contribution >= 4 is 33.3 Å². The van der Waals surface area contributed by atoms with E-state index in [9.17, 15) is 0 Å². The third-order valence-corrected chi connectivity index (χ3v) is 3.71. The molecule has 1 N–H and O–H groups in total. The maximum absolute atomic E-state index is 8.85. The van der Waals surface area contributed by atoms with Gasteiger partial charge >= 0.3 is 0 Å². The topological polar surface area (TPSA) is 64.8 Å². The Hall–Kier alpha value is -1.87. The van der Waals surface area contributed by atoms with Crippen LogP contribution in [0.15, 0.2) is 11.4 Å². The van der Waals surface area contributed by atoms with Gasteiger partial charge in [0.05, 0.1) is 17.9 Å². The van der Waals surface area contributed by atoms with Crippen molar-refractivity contribution < 1.29 is 0 Å². The summed E-state index contributed by atoms with van der Waals surface area (Å²) in [6.45, 7) is 5.92. The second-order valence-electron chi connectivity index (χ2n) is 5.01. The number of aromatic nitrogens is 2. The van der Waals surface area contributed by atoms with E-state index in [1.807, 2.05) is 12.4 Å². The van der Waals surface area contributed by atoms with Crippen molar-refractivity contribution in [3.05, 3.63) is 11.4 Å². The standard InChI is InChI=1S/C14H19N5S/c1-10(2)9-19(7-4-6-15)12-11-5-8-20-13(11)18-14(16-3)17-12/h5,8,10H,4,7,9H2,1-3H3,(H,16,17,18). The molecular formula is C14H19N5S. The fourth-order valence-corrected chi connectivity index (χ4v) is 2.86. The highest BCUT2D eigenvalue weighted by Crippen LogP contribution is 2.29. The molecule has 0 bridgehead atoms. The normalized spacial score (nSPS) is 10.8. The second-order valence-corrected chi connectivity index (χ2v) is 5.90. The zero-order valence-corrected chi connectivity index (χ0v) is 12.9. The van der Waals surface area contributed by atoms with Gasteiger partial charge in [-0.25, -0.2) is 4.98 Å². The number of nitriles is 1. The Labute approximate surface area is 123 Å². The van der Waals surface area contributed by atoms with E-state index < -0.39 is 0 Å². The molecule has 5 nitrogen and oxygen atoms in total. The van der Waals surface area contributed by atoms with Gasteiger partial charge in [0.15, 0.2) is 0 Å². The van der Waals surface area contributed by atoms with Crippen molar-refractivity contribution in [3.8, 4) is 6.07 Å². The molecule has 0 radical (unpaired) electrons. The second kappa shape index (κ2) is 6.53. The van der Waals surface area contributed by atoms with E-state index in [2.05, 4.69) is 46.2 Å². The van der Waals surface area contributed by atoms with Crippen molar-refractivity contribution in [2.24, 2.45) is 5.92 Å². The molecule has 2 aromatic rings. The molecule has 0 aliphatic heterocycles. The first kappa shape index (κ1) is 14.5. The highest BCUT2D eigenvalue weighted by atomic mass is 32.1. The predicted molar refractivity (Wildman–Crippen MR) is 84.2 cm³/mol. The van der Waals surface area contributed by atoms with Crippen LogP contribution in [0, 0.1) is 17.2 Å². The lowest BCUT2D eigenvalue weighted by Crippen LogP contribution is -2.29. The largest absolute Gasteiger partial charge is 0.357 e. The Morgan fingerprint density at radius 2 is 2.25 bits per heavy atom. The third kappa shape index (κ3) is 3.17. The molecule has 0 unspecified atom stereocenters. The molecule has 0 spiro atoms. The molecule has 0 saturated carbocycles. The Kier molecular flexibility index (Phi) is 4.74. The van der Waals surface area contributed by atoms with Crippen LogP contribution in [-0.2, 0) is 0 Å². The molecule has 0 amide bonds. The highest BCUT2D eigenvalue weighted by Gasteiger charge is 2.16. The van der Waals surface area contributed by atoms with Crippen molar-refractivity contribution in [1.29, 1.82) is 5.26 Å². The quantitative estimate of drug-likeness (QED) is 0.885. The van der Waals surface area contributed by atoms with Crippen molar-refractivity contribution in [2.45, 2.75) is 20.3 Å². The lowest BCUT2D eigenvalue weighted by Gasteiger charge is -2.25. The molecule has 0 saturated heterocycles. The van der Waals surface area contributed by atoms with Gasteiger partial charge < -0.3 is 10.2 Å². The molecule has 0 aromatic carbocycles. The number of hydrogen-bond donors (Lipinski definition) is 1. The Bertz CT molecular complexity index is 614. The fraction of sp³-hybridized carbons (Fsp3) is 0.500. The van der Waals surface area contributed by atoms with Gasteiger partial charge in [0.1, 0.15) is 10.6 Å². The first-order valence-corrected chi connectivity index (χ1v) is 7.58. The van der Waals surface area contributed by atoms with Crippen molar-refractivity contribution in [3.63, 3.8) is 0 Å². The highest BCUT2D eigenvalue weighted by molar-refractivity contribution is 7.16. The lowest BCUT2D eigenvalue weighted by atomic mass is 10.2. The van der Waals surface area contributed by atoms with Gasteiger partial charge in [-0.3, -0.25) is 0 Å². The molecule has 2 rings (SSSR count). The molecule has 0 fully saturated rings. The van der Waals surface area contributed by atoms with E-state index in [-0.39, 0.29) is 0 Å². The van der Waals surface area contributed by atoms with Gasteiger partial charge in [-0.1, -0.05) is 13.8 Å².